The van der Waals surface area contributed by atoms with Crippen LogP contribution in [0.5, 0.6) is 0 Å². The standard InChI is InChI=1S/C9H9BrN2O3/c10-7-2-1-6(9(13)3-4-11)5-8(7)12(14)15/h1-2,5H,3-4,11H2. The molecular weight excluding hydrogens is 264 g/mol. The van der Waals surface area contributed by atoms with Crippen LogP contribution < -0.4 is 5.73 Å². The van der Waals surface area contributed by atoms with Gasteiger partial charge in [-0.05, 0) is 34.6 Å². The third-order valence-electron chi connectivity index (χ3n) is 1.84. The number of halogens is 1. The Hall–Kier alpha value is -1.27. The number of benzene rings is 1. The van der Waals surface area contributed by atoms with Crippen LogP contribution in [0.3, 0.4) is 0 Å². The number of nitro benzene ring substituents is 1. The fraction of sp³-hybridized carbons (Fsp3) is 0.222. The Kier molecular flexibility index (Phi) is 3.93. The van der Waals surface area contributed by atoms with Crippen molar-refractivity contribution in [2.45, 2.75) is 6.42 Å². The Bertz CT molecular complexity index is 406. The first-order valence-corrected chi connectivity index (χ1v) is 5.02. The zero-order chi connectivity index (χ0) is 11.4. The smallest absolute Gasteiger partial charge is 0.284 e. The molecule has 6 heteroatoms. The van der Waals surface area contributed by atoms with E-state index in [0.717, 1.165) is 0 Å². The average Bonchev–Trinajstić information content (AvgIpc) is 2.18. The van der Waals surface area contributed by atoms with Gasteiger partial charge in [-0.1, -0.05) is 0 Å². The summed E-state index contributed by atoms with van der Waals surface area (Å²) in [6.45, 7) is 0.239. The molecular formula is C9H9BrN2O3. The second-order valence-corrected chi connectivity index (χ2v) is 3.74. The molecule has 0 fully saturated rings. The molecule has 0 atom stereocenters. The number of ketones is 1. The molecule has 0 unspecified atom stereocenters. The fourth-order valence-corrected chi connectivity index (χ4v) is 1.49. The highest BCUT2D eigenvalue weighted by molar-refractivity contribution is 9.10. The molecule has 15 heavy (non-hydrogen) atoms. The summed E-state index contributed by atoms with van der Waals surface area (Å²) in [6.07, 6.45) is 0.193. The van der Waals surface area contributed by atoms with E-state index in [1.54, 1.807) is 0 Å². The maximum absolute atomic E-state index is 11.4. The third-order valence-corrected chi connectivity index (χ3v) is 2.51. The first-order chi connectivity index (χ1) is 7.06. The van der Waals surface area contributed by atoms with Gasteiger partial charge in [-0.2, -0.15) is 0 Å². The first kappa shape index (κ1) is 11.8. The lowest BCUT2D eigenvalue weighted by molar-refractivity contribution is -0.385. The van der Waals surface area contributed by atoms with E-state index in [2.05, 4.69) is 15.9 Å². The normalized spacial score (nSPS) is 10.0. The number of rotatable bonds is 4. The van der Waals surface area contributed by atoms with Crippen molar-refractivity contribution in [2.75, 3.05) is 6.54 Å². The molecule has 1 rings (SSSR count). The molecule has 1 aromatic carbocycles. The molecule has 0 saturated heterocycles. The fourth-order valence-electron chi connectivity index (χ4n) is 1.10. The van der Waals surface area contributed by atoms with E-state index < -0.39 is 4.92 Å². The lowest BCUT2D eigenvalue weighted by Gasteiger charge is -2.00. The average molecular weight is 273 g/mol. The van der Waals surface area contributed by atoms with Gasteiger partial charge in [0.05, 0.1) is 9.40 Å². The van der Waals surface area contributed by atoms with Crippen LogP contribution in [0.15, 0.2) is 22.7 Å². The van der Waals surface area contributed by atoms with Gasteiger partial charge in [-0.3, -0.25) is 14.9 Å². The van der Waals surface area contributed by atoms with Crippen molar-refractivity contribution >= 4 is 27.4 Å². The molecule has 0 aliphatic rings. The summed E-state index contributed by atoms with van der Waals surface area (Å²) in [5, 5.41) is 10.6. The van der Waals surface area contributed by atoms with E-state index >= 15 is 0 Å². The molecule has 0 heterocycles. The van der Waals surface area contributed by atoms with E-state index in [-0.39, 0.29) is 24.4 Å². The second-order valence-electron chi connectivity index (χ2n) is 2.89. The zero-order valence-electron chi connectivity index (χ0n) is 7.77. The first-order valence-electron chi connectivity index (χ1n) is 4.23. The zero-order valence-corrected chi connectivity index (χ0v) is 9.36. The largest absolute Gasteiger partial charge is 0.330 e. The van der Waals surface area contributed by atoms with Crippen LogP contribution in [0, 0.1) is 10.1 Å². The summed E-state index contributed by atoms with van der Waals surface area (Å²) in [6, 6.07) is 4.28. The van der Waals surface area contributed by atoms with Crippen molar-refractivity contribution < 1.29 is 9.72 Å². The number of carbonyl (C=O) groups excluding carboxylic acids is 1. The van der Waals surface area contributed by atoms with Gasteiger partial charge in [0.2, 0.25) is 0 Å². The molecule has 0 radical (unpaired) electrons. The van der Waals surface area contributed by atoms with Crippen LogP contribution in [-0.2, 0) is 0 Å². The Labute approximate surface area is 94.5 Å². The monoisotopic (exact) mass is 272 g/mol. The SMILES string of the molecule is NCCC(=O)c1ccc(Br)c([N+](=O)[O-])c1. The predicted molar refractivity (Wildman–Crippen MR) is 58.8 cm³/mol. The number of nitrogens with zero attached hydrogens (tertiary/aromatic N) is 1. The summed E-state index contributed by atoms with van der Waals surface area (Å²) < 4.78 is 0.358. The molecule has 0 aliphatic heterocycles. The summed E-state index contributed by atoms with van der Waals surface area (Å²) in [7, 11) is 0. The van der Waals surface area contributed by atoms with E-state index in [9.17, 15) is 14.9 Å². The van der Waals surface area contributed by atoms with Crippen LogP contribution in [0.2, 0.25) is 0 Å². The van der Waals surface area contributed by atoms with E-state index in [0.29, 0.717) is 10.0 Å². The van der Waals surface area contributed by atoms with Crippen LogP contribution in [-0.4, -0.2) is 17.3 Å². The van der Waals surface area contributed by atoms with E-state index in [4.69, 9.17) is 5.73 Å². The number of carbonyl (C=O) groups is 1. The quantitative estimate of drug-likeness (QED) is 0.515. The second kappa shape index (κ2) is 4.99. The molecule has 0 aliphatic carbocycles. The van der Waals surface area contributed by atoms with Crippen molar-refractivity contribution in [2.24, 2.45) is 5.73 Å². The van der Waals surface area contributed by atoms with Crippen LogP contribution >= 0.6 is 15.9 Å². The van der Waals surface area contributed by atoms with Crippen LogP contribution in [0.4, 0.5) is 5.69 Å². The van der Waals surface area contributed by atoms with Crippen LogP contribution in [0.1, 0.15) is 16.8 Å². The minimum absolute atomic E-state index is 0.113. The van der Waals surface area contributed by atoms with Gasteiger partial charge in [0.15, 0.2) is 5.78 Å². The predicted octanol–water partition coefficient (Wildman–Crippen LogP) is 1.89. The Morgan fingerprint density at radius 2 is 2.20 bits per heavy atom. The third kappa shape index (κ3) is 2.84. The van der Waals surface area contributed by atoms with Gasteiger partial charge in [-0.25, -0.2) is 0 Å². The van der Waals surface area contributed by atoms with Crippen molar-refractivity contribution in [1.29, 1.82) is 0 Å². The molecule has 0 amide bonds. The highest BCUT2D eigenvalue weighted by Gasteiger charge is 2.15. The number of hydrogen-bond acceptors (Lipinski definition) is 4. The highest BCUT2D eigenvalue weighted by Crippen LogP contribution is 2.25. The van der Waals surface area contributed by atoms with E-state index in [1.807, 2.05) is 0 Å². The van der Waals surface area contributed by atoms with Gasteiger partial charge < -0.3 is 5.73 Å². The minimum Gasteiger partial charge on any atom is -0.330 e. The van der Waals surface area contributed by atoms with Gasteiger partial charge in [0, 0.05) is 18.1 Å². The number of nitro groups is 1. The van der Waals surface area contributed by atoms with Crippen LogP contribution in [0.25, 0.3) is 0 Å². The Balaban J connectivity index is 3.07. The lowest BCUT2D eigenvalue weighted by atomic mass is 10.1. The molecule has 0 spiro atoms. The molecule has 0 bridgehead atoms. The molecule has 0 aromatic heterocycles. The topological polar surface area (TPSA) is 86.2 Å². The molecule has 5 nitrogen and oxygen atoms in total. The Morgan fingerprint density at radius 1 is 1.53 bits per heavy atom. The summed E-state index contributed by atoms with van der Waals surface area (Å²) in [4.78, 5) is 21.5. The molecule has 1 aromatic rings. The molecule has 2 N–H and O–H groups in total. The summed E-state index contributed by atoms with van der Waals surface area (Å²) >= 11 is 3.04. The van der Waals surface area contributed by atoms with Crippen molar-refractivity contribution in [3.8, 4) is 0 Å². The summed E-state index contributed by atoms with van der Waals surface area (Å²) in [5.74, 6) is -0.187. The van der Waals surface area contributed by atoms with Crippen molar-refractivity contribution in [3.63, 3.8) is 0 Å². The van der Waals surface area contributed by atoms with E-state index in [1.165, 1.54) is 18.2 Å². The van der Waals surface area contributed by atoms with Crippen molar-refractivity contribution in [1.82, 2.24) is 0 Å². The van der Waals surface area contributed by atoms with Gasteiger partial charge >= 0.3 is 0 Å². The van der Waals surface area contributed by atoms with Gasteiger partial charge in [0.25, 0.3) is 5.69 Å². The highest BCUT2D eigenvalue weighted by atomic mass is 79.9. The Morgan fingerprint density at radius 3 is 2.73 bits per heavy atom. The number of nitrogens with two attached hydrogens (primary N) is 1. The molecule has 0 saturated carbocycles. The summed E-state index contributed by atoms with van der Waals surface area (Å²) in [5.41, 5.74) is 5.43. The number of Topliss-reactive ketones (excluding diaryl/α,β-unsaturated/α-hetero) is 1. The maximum atomic E-state index is 11.4. The van der Waals surface area contributed by atoms with Crippen molar-refractivity contribution in [3.05, 3.63) is 38.3 Å². The maximum Gasteiger partial charge on any atom is 0.284 e. The molecule has 80 valence electrons. The van der Waals surface area contributed by atoms with Gasteiger partial charge in [0.1, 0.15) is 0 Å². The number of hydrogen-bond donors (Lipinski definition) is 1. The lowest BCUT2D eigenvalue weighted by Crippen LogP contribution is -2.08. The van der Waals surface area contributed by atoms with Gasteiger partial charge in [-0.15, -0.1) is 0 Å². The minimum atomic E-state index is -0.538.